The van der Waals surface area contributed by atoms with Crippen LogP contribution in [-0.4, -0.2) is 8.42 Å². The van der Waals surface area contributed by atoms with Crippen LogP contribution in [0, 0.1) is 0 Å². The lowest BCUT2D eigenvalue weighted by molar-refractivity contribution is 0.551. The first-order valence-corrected chi connectivity index (χ1v) is 5.78. The fraction of sp³-hybridized carbons (Fsp3) is 0.333. The first-order valence-electron chi connectivity index (χ1n) is 4.22. The summed E-state index contributed by atoms with van der Waals surface area (Å²) in [6, 6.07) is 4.87. The number of hydrogen-bond donors (Lipinski definition) is 1. The highest BCUT2D eigenvalue weighted by atomic mass is 32.3. The molecule has 3 nitrogen and oxygen atoms in total. The van der Waals surface area contributed by atoms with Crippen molar-refractivity contribution in [1.82, 2.24) is 0 Å². The van der Waals surface area contributed by atoms with Crippen molar-refractivity contribution in [2.45, 2.75) is 19.1 Å². The first-order chi connectivity index (χ1) is 6.44. The molecule has 0 radical (unpaired) electrons. The van der Waals surface area contributed by atoms with Gasteiger partial charge < -0.3 is 5.73 Å². The van der Waals surface area contributed by atoms with E-state index in [9.17, 15) is 12.3 Å². The normalized spacial score (nSPS) is 11.6. The van der Waals surface area contributed by atoms with Gasteiger partial charge in [0.15, 0.2) is 0 Å². The Morgan fingerprint density at radius 2 is 2.07 bits per heavy atom. The molecule has 0 saturated heterocycles. The number of benzene rings is 1. The topological polar surface area (TPSA) is 60.2 Å². The van der Waals surface area contributed by atoms with Gasteiger partial charge in [-0.05, 0) is 23.6 Å². The van der Waals surface area contributed by atoms with E-state index in [-0.39, 0.29) is 0 Å². The number of rotatable bonds is 3. The molecule has 0 fully saturated rings. The standard InChI is InChI=1S/C9H12FNO2S/c1-2-8-7(6-14(10,12)13)4-3-5-9(8)11/h3-5H,2,6,11H2,1H3. The van der Waals surface area contributed by atoms with Crippen molar-refractivity contribution in [1.29, 1.82) is 0 Å². The number of nitrogen functional groups attached to an aromatic ring is 1. The third-order valence-corrected chi connectivity index (χ3v) is 2.65. The lowest BCUT2D eigenvalue weighted by atomic mass is 10.0. The minimum Gasteiger partial charge on any atom is -0.398 e. The van der Waals surface area contributed by atoms with E-state index in [1.165, 1.54) is 0 Å². The number of hydrogen-bond acceptors (Lipinski definition) is 3. The van der Waals surface area contributed by atoms with E-state index < -0.39 is 16.0 Å². The van der Waals surface area contributed by atoms with E-state index in [4.69, 9.17) is 5.73 Å². The third kappa shape index (κ3) is 2.70. The molecule has 0 aromatic heterocycles. The maximum Gasteiger partial charge on any atom is 0.306 e. The average molecular weight is 217 g/mol. The maximum atomic E-state index is 12.5. The molecule has 0 spiro atoms. The van der Waals surface area contributed by atoms with Gasteiger partial charge in [0.1, 0.15) is 5.75 Å². The molecule has 14 heavy (non-hydrogen) atoms. The van der Waals surface area contributed by atoms with E-state index in [0.717, 1.165) is 0 Å². The molecule has 0 aliphatic heterocycles. The quantitative estimate of drug-likeness (QED) is 0.618. The minimum absolute atomic E-state index is 0.440. The van der Waals surface area contributed by atoms with Gasteiger partial charge in [-0.1, -0.05) is 19.1 Å². The van der Waals surface area contributed by atoms with Gasteiger partial charge in [-0.25, -0.2) is 0 Å². The van der Waals surface area contributed by atoms with Crippen LogP contribution in [0.5, 0.6) is 0 Å². The summed E-state index contributed by atoms with van der Waals surface area (Å²) in [7, 11) is -4.48. The molecular formula is C9H12FNO2S. The lowest BCUT2D eigenvalue weighted by Crippen LogP contribution is -2.03. The molecule has 0 bridgehead atoms. The molecule has 0 amide bonds. The summed E-state index contributed by atoms with van der Waals surface area (Å²) in [4.78, 5) is 0. The molecule has 0 saturated carbocycles. The number of anilines is 1. The van der Waals surface area contributed by atoms with Crippen LogP contribution >= 0.6 is 0 Å². The van der Waals surface area contributed by atoms with Gasteiger partial charge in [0.25, 0.3) is 0 Å². The van der Waals surface area contributed by atoms with Crippen LogP contribution in [0.15, 0.2) is 18.2 Å². The van der Waals surface area contributed by atoms with Crippen LogP contribution in [0.2, 0.25) is 0 Å². The van der Waals surface area contributed by atoms with Gasteiger partial charge in [-0.15, -0.1) is 3.89 Å². The Balaban J connectivity index is 3.15. The Morgan fingerprint density at radius 3 is 2.57 bits per heavy atom. The highest BCUT2D eigenvalue weighted by Gasteiger charge is 2.12. The van der Waals surface area contributed by atoms with Crippen molar-refractivity contribution in [3.8, 4) is 0 Å². The highest BCUT2D eigenvalue weighted by Crippen LogP contribution is 2.20. The minimum atomic E-state index is -4.48. The van der Waals surface area contributed by atoms with Gasteiger partial charge in [-0.2, -0.15) is 8.42 Å². The first kappa shape index (κ1) is 11.0. The highest BCUT2D eigenvalue weighted by molar-refractivity contribution is 7.85. The number of nitrogens with two attached hydrogens (primary N) is 1. The molecule has 0 aliphatic rings. The molecule has 0 aliphatic carbocycles. The Bertz CT molecular complexity index is 428. The summed E-state index contributed by atoms with van der Waals surface area (Å²) in [5.74, 6) is -0.596. The summed E-state index contributed by atoms with van der Waals surface area (Å²) in [5, 5.41) is 0. The van der Waals surface area contributed by atoms with E-state index in [1.54, 1.807) is 18.2 Å². The second-order valence-corrected chi connectivity index (χ2v) is 4.39. The van der Waals surface area contributed by atoms with Gasteiger partial charge in [-0.3, -0.25) is 0 Å². The Labute approximate surface area is 83.0 Å². The lowest BCUT2D eigenvalue weighted by Gasteiger charge is -2.08. The summed E-state index contributed by atoms with van der Waals surface area (Å²) >= 11 is 0. The van der Waals surface area contributed by atoms with Crippen molar-refractivity contribution in [3.05, 3.63) is 29.3 Å². The molecule has 0 unspecified atom stereocenters. The van der Waals surface area contributed by atoms with Gasteiger partial charge >= 0.3 is 10.2 Å². The van der Waals surface area contributed by atoms with Crippen LogP contribution < -0.4 is 5.73 Å². The van der Waals surface area contributed by atoms with Crippen LogP contribution in [0.3, 0.4) is 0 Å². The van der Waals surface area contributed by atoms with Crippen molar-refractivity contribution >= 4 is 15.9 Å². The smallest absolute Gasteiger partial charge is 0.306 e. The van der Waals surface area contributed by atoms with E-state index in [1.807, 2.05) is 6.92 Å². The SMILES string of the molecule is CCc1c(N)cccc1CS(=O)(=O)F. The van der Waals surface area contributed by atoms with Crippen molar-refractivity contribution in [2.24, 2.45) is 0 Å². The predicted octanol–water partition coefficient (Wildman–Crippen LogP) is 1.63. The summed E-state index contributed by atoms with van der Waals surface area (Å²) in [6.45, 7) is 1.85. The zero-order valence-corrected chi connectivity index (χ0v) is 8.64. The van der Waals surface area contributed by atoms with Crippen LogP contribution in [-0.2, 0) is 22.4 Å². The van der Waals surface area contributed by atoms with Crippen LogP contribution in [0.1, 0.15) is 18.1 Å². The number of halogens is 1. The molecule has 1 rings (SSSR count). The Kier molecular flexibility index (Phi) is 3.10. The molecular weight excluding hydrogens is 205 g/mol. The Morgan fingerprint density at radius 1 is 1.43 bits per heavy atom. The van der Waals surface area contributed by atoms with Crippen LogP contribution in [0.25, 0.3) is 0 Å². The monoisotopic (exact) mass is 217 g/mol. The van der Waals surface area contributed by atoms with E-state index in [0.29, 0.717) is 23.2 Å². The van der Waals surface area contributed by atoms with Crippen molar-refractivity contribution in [2.75, 3.05) is 5.73 Å². The van der Waals surface area contributed by atoms with Crippen LogP contribution in [0.4, 0.5) is 9.57 Å². The van der Waals surface area contributed by atoms with Crippen molar-refractivity contribution < 1.29 is 12.3 Å². The molecule has 0 heterocycles. The fourth-order valence-electron chi connectivity index (χ4n) is 1.41. The van der Waals surface area contributed by atoms with E-state index in [2.05, 4.69) is 0 Å². The largest absolute Gasteiger partial charge is 0.398 e. The second-order valence-electron chi connectivity index (χ2n) is 3.02. The third-order valence-electron chi connectivity index (χ3n) is 1.99. The molecule has 78 valence electrons. The molecule has 5 heteroatoms. The van der Waals surface area contributed by atoms with Gasteiger partial charge in [0.05, 0.1) is 0 Å². The summed E-state index contributed by atoms with van der Waals surface area (Å²) < 4.78 is 33.4. The predicted molar refractivity (Wildman–Crippen MR) is 54.0 cm³/mol. The Hall–Kier alpha value is -1.10. The summed E-state index contributed by atoms with van der Waals surface area (Å²) in [5.41, 5.74) is 7.28. The fourth-order valence-corrected chi connectivity index (χ4v) is 2.05. The van der Waals surface area contributed by atoms with E-state index >= 15 is 0 Å². The summed E-state index contributed by atoms with van der Waals surface area (Å²) in [6.07, 6.45) is 0.595. The van der Waals surface area contributed by atoms with Gasteiger partial charge in [0, 0.05) is 5.69 Å². The molecule has 1 aromatic carbocycles. The molecule has 2 N–H and O–H groups in total. The van der Waals surface area contributed by atoms with Gasteiger partial charge in [0.2, 0.25) is 0 Å². The van der Waals surface area contributed by atoms with Crippen molar-refractivity contribution in [3.63, 3.8) is 0 Å². The molecule has 1 aromatic rings. The maximum absolute atomic E-state index is 12.5. The second kappa shape index (κ2) is 3.96. The average Bonchev–Trinajstić information content (AvgIpc) is 2.01. The zero-order valence-electron chi connectivity index (χ0n) is 7.83. The molecule has 0 atom stereocenters. The zero-order chi connectivity index (χ0) is 10.8.